The molecule has 216 valence electrons. The van der Waals surface area contributed by atoms with E-state index < -0.39 is 11.7 Å². The lowest BCUT2D eigenvalue weighted by Crippen LogP contribution is -2.49. The highest BCUT2D eigenvalue weighted by Gasteiger charge is 2.25. The maximum atomic E-state index is 12.6. The molecule has 1 unspecified atom stereocenters. The second-order valence-corrected chi connectivity index (χ2v) is 11.2. The number of likely N-dealkylation sites (tertiary alicyclic amines) is 1. The average Bonchev–Trinajstić information content (AvgIpc) is 2.89. The molecular formula is C31H46N2O6. The van der Waals surface area contributed by atoms with E-state index in [0.29, 0.717) is 26.2 Å². The molecule has 0 aliphatic carbocycles. The number of methoxy groups -OCH3 is 1. The van der Waals surface area contributed by atoms with Crippen molar-refractivity contribution in [3.63, 3.8) is 0 Å². The van der Waals surface area contributed by atoms with Gasteiger partial charge in [-0.05, 0) is 70.2 Å². The Labute approximate surface area is 233 Å². The number of ether oxygens (including phenoxy) is 5. The fourth-order valence-corrected chi connectivity index (χ4v) is 4.42. The van der Waals surface area contributed by atoms with E-state index in [-0.39, 0.29) is 18.9 Å². The molecule has 0 spiro atoms. The van der Waals surface area contributed by atoms with Gasteiger partial charge in [0, 0.05) is 32.8 Å². The zero-order valence-electron chi connectivity index (χ0n) is 24.2. The number of carbonyl (C=O) groups is 1. The number of nitrogens with zero attached hydrogens (tertiary/aromatic N) is 1. The molecule has 39 heavy (non-hydrogen) atoms. The van der Waals surface area contributed by atoms with E-state index in [4.69, 9.17) is 23.7 Å². The predicted octanol–water partition coefficient (Wildman–Crippen LogP) is 5.11. The molecule has 1 aliphatic heterocycles. The van der Waals surface area contributed by atoms with Crippen LogP contribution in [-0.4, -0.2) is 75.5 Å². The topological polar surface area (TPSA) is 78.5 Å². The lowest BCUT2D eigenvalue weighted by Gasteiger charge is -2.34. The van der Waals surface area contributed by atoms with Gasteiger partial charge in [-0.15, -0.1) is 0 Å². The SMILES string of the molecule is COCCOCOc1ccc(CC(CN2CCC(OCc3ccc(C)cc3)CC2)NC(=O)OC(C)(C)C)cc1. The first-order chi connectivity index (χ1) is 18.7. The van der Waals surface area contributed by atoms with Crippen LogP contribution in [0.25, 0.3) is 0 Å². The molecule has 0 bridgehead atoms. The minimum atomic E-state index is -0.550. The van der Waals surface area contributed by atoms with Gasteiger partial charge in [0.25, 0.3) is 0 Å². The zero-order chi connectivity index (χ0) is 28.1. The third-order valence-corrected chi connectivity index (χ3v) is 6.49. The molecule has 1 amide bonds. The summed E-state index contributed by atoms with van der Waals surface area (Å²) in [4.78, 5) is 15.0. The molecule has 3 rings (SSSR count). The van der Waals surface area contributed by atoms with E-state index in [1.165, 1.54) is 11.1 Å². The Kier molecular flexibility index (Phi) is 12.5. The van der Waals surface area contributed by atoms with Crippen LogP contribution < -0.4 is 10.1 Å². The van der Waals surface area contributed by atoms with E-state index in [1.54, 1.807) is 7.11 Å². The Morgan fingerprint density at radius 2 is 1.67 bits per heavy atom. The monoisotopic (exact) mass is 542 g/mol. The molecule has 0 radical (unpaired) electrons. The van der Waals surface area contributed by atoms with Gasteiger partial charge in [-0.3, -0.25) is 0 Å². The Morgan fingerprint density at radius 3 is 2.31 bits per heavy atom. The summed E-state index contributed by atoms with van der Waals surface area (Å²) in [6.07, 6.45) is 2.50. The molecule has 0 saturated carbocycles. The van der Waals surface area contributed by atoms with Crippen LogP contribution in [0.3, 0.4) is 0 Å². The second-order valence-electron chi connectivity index (χ2n) is 11.2. The summed E-state index contributed by atoms with van der Waals surface area (Å²) in [6, 6.07) is 16.3. The molecular weight excluding hydrogens is 496 g/mol. The van der Waals surface area contributed by atoms with Crippen molar-refractivity contribution >= 4 is 6.09 Å². The number of hydrogen-bond acceptors (Lipinski definition) is 7. The van der Waals surface area contributed by atoms with Crippen molar-refractivity contribution in [3.05, 3.63) is 65.2 Å². The first-order valence-corrected chi connectivity index (χ1v) is 13.9. The van der Waals surface area contributed by atoms with Crippen molar-refractivity contribution in [1.29, 1.82) is 0 Å². The van der Waals surface area contributed by atoms with E-state index in [1.807, 2.05) is 45.0 Å². The van der Waals surface area contributed by atoms with Crippen molar-refractivity contribution in [3.8, 4) is 5.75 Å². The van der Waals surface area contributed by atoms with Gasteiger partial charge in [0.15, 0.2) is 6.79 Å². The van der Waals surface area contributed by atoms with E-state index in [9.17, 15) is 4.79 Å². The summed E-state index contributed by atoms with van der Waals surface area (Å²) in [5.41, 5.74) is 3.03. The Hall–Kier alpha value is -2.65. The number of aryl methyl sites for hydroxylation is 1. The van der Waals surface area contributed by atoms with Gasteiger partial charge in [0.1, 0.15) is 11.4 Å². The smallest absolute Gasteiger partial charge is 0.407 e. The molecule has 1 saturated heterocycles. The maximum absolute atomic E-state index is 12.6. The fourth-order valence-electron chi connectivity index (χ4n) is 4.42. The molecule has 8 heteroatoms. The number of rotatable bonds is 14. The first-order valence-electron chi connectivity index (χ1n) is 13.9. The summed E-state index contributed by atoms with van der Waals surface area (Å²) < 4.78 is 27.7. The highest BCUT2D eigenvalue weighted by atomic mass is 16.7. The molecule has 1 heterocycles. The Bertz CT molecular complexity index is 966. The molecule has 2 aromatic rings. The average molecular weight is 543 g/mol. The van der Waals surface area contributed by atoms with Crippen LogP contribution in [0.2, 0.25) is 0 Å². The van der Waals surface area contributed by atoms with Crippen LogP contribution >= 0.6 is 0 Å². The van der Waals surface area contributed by atoms with E-state index >= 15 is 0 Å². The van der Waals surface area contributed by atoms with Crippen molar-refractivity contribution in [2.75, 3.05) is 46.8 Å². The normalized spacial score (nSPS) is 15.6. The minimum absolute atomic E-state index is 0.0889. The number of carbonyl (C=O) groups excluding carboxylic acids is 1. The van der Waals surface area contributed by atoms with Gasteiger partial charge in [0.2, 0.25) is 0 Å². The molecule has 0 aromatic heterocycles. The van der Waals surface area contributed by atoms with E-state index in [0.717, 1.165) is 43.8 Å². The van der Waals surface area contributed by atoms with Crippen LogP contribution in [0.15, 0.2) is 48.5 Å². The quantitative estimate of drug-likeness (QED) is 0.263. The Morgan fingerprint density at radius 1 is 1.00 bits per heavy atom. The maximum Gasteiger partial charge on any atom is 0.407 e. The lowest BCUT2D eigenvalue weighted by atomic mass is 10.0. The van der Waals surface area contributed by atoms with Gasteiger partial charge < -0.3 is 33.9 Å². The largest absolute Gasteiger partial charge is 0.468 e. The van der Waals surface area contributed by atoms with Gasteiger partial charge in [-0.25, -0.2) is 4.79 Å². The van der Waals surface area contributed by atoms with Crippen LogP contribution in [0.4, 0.5) is 4.79 Å². The van der Waals surface area contributed by atoms with Crippen LogP contribution in [0.5, 0.6) is 5.75 Å². The highest BCUT2D eigenvalue weighted by molar-refractivity contribution is 5.68. The first kappa shape index (κ1) is 30.9. The van der Waals surface area contributed by atoms with Crippen molar-refractivity contribution < 1.29 is 28.5 Å². The van der Waals surface area contributed by atoms with Gasteiger partial charge in [-0.2, -0.15) is 0 Å². The number of hydrogen-bond donors (Lipinski definition) is 1. The minimum Gasteiger partial charge on any atom is -0.468 e. The number of benzene rings is 2. The number of amides is 1. The fraction of sp³-hybridized carbons (Fsp3) is 0.581. The van der Waals surface area contributed by atoms with Gasteiger partial charge in [-0.1, -0.05) is 42.0 Å². The molecule has 8 nitrogen and oxygen atoms in total. The highest BCUT2D eigenvalue weighted by Crippen LogP contribution is 2.19. The van der Waals surface area contributed by atoms with Crippen molar-refractivity contribution in [2.24, 2.45) is 0 Å². The number of piperidine rings is 1. The summed E-state index contributed by atoms with van der Waals surface area (Å²) in [5, 5.41) is 3.10. The third kappa shape index (κ3) is 12.4. The van der Waals surface area contributed by atoms with Crippen LogP contribution in [-0.2, 0) is 32.0 Å². The lowest BCUT2D eigenvalue weighted by molar-refractivity contribution is -0.00848. The molecule has 2 aromatic carbocycles. The van der Waals surface area contributed by atoms with Crippen LogP contribution in [0.1, 0.15) is 50.3 Å². The summed E-state index contributed by atoms with van der Waals surface area (Å²) in [6.45, 7) is 12.2. The van der Waals surface area contributed by atoms with Crippen molar-refractivity contribution in [2.45, 2.75) is 71.3 Å². The summed E-state index contributed by atoms with van der Waals surface area (Å²) in [5.74, 6) is 0.737. The van der Waals surface area contributed by atoms with Gasteiger partial charge in [0.05, 0.1) is 25.9 Å². The van der Waals surface area contributed by atoms with E-state index in [2.05, 4.69) is 41.4 Å². The summed E-state index contributed by atoms with van der Waals surface area (Å²) in [7, 11) is 1.64. The second kappa shape index (κ2) is 15.8. The molecule has 1 N–H and O–H groups in total. The number of alkyl carbamates (subject to hydrolysis) is 1. The Balaban J connectivity index is 1.50. The standard InChI is InChI=1S/C31H46N2O6/c1-24-6-8-26(9-7-24)22-37-29-14-16-33(17-15-29)21-27(32-30(34)39-31(2,3)4)20-25-10-12-28(13-11-25)38-23-36-19-18-35-5/h6-13,27,29H,14-23H2,1-5H3,(H,32,34). The van der Waals surface area contributed by atoms with Gasteiger partial charge >= 0.3 is 6.09 Å². The molecule has 1 atom stereocenters. The molecule has 1 fully saturated rings. The zero-order valence-corrected chi connectivity index (χ0v) is 24.2. The van der Waals surface area contributed by atoms with Crippen LogP contribution in [0, 0.1) is 6.92 Å². The predicted molar refractivity (Wildman–Crippen MR) is 152 cm³/mol. The molecule has 1 aliphatic rings. The van der Waals surface area contributed by atoms with Crippen molar-refractivity contribution in [1.82, 2.24) is 10.2 Å². The number of nitrogens with one attached hydrogen (secondary N) is 1. The third-order valence-electron chi connectivity index (χ3n) is 6.49. The summed E-state index contributed by atoms with van der Waals surface area (Å²) >= 11 is 0.